The Labute approximate surface area is 70.3 Å². The van der Waals surface area contributed by atoms with Crippen molar-refractivity contribution in [3.8, 4) is 0 Å². The van der Waals surface area contributed by atoms with E-state index in [1.165, 1.54) is 32.7 Å². The smallest absolute Gasteiger partial charge is 0.0107 e. The highest BCUT2D eigenvalue weighted by Gasteiger charge is 2.04. The average molecular weight is 156 g/mol. The Balaban J connectivity index is 0.000000292. The lowest BCUT2D eigenvalue weighted by atomic mass is 10.4. The third-order valence-corrected chi connectivity index (χ3v) is 1.66. The van der Waals surface area contributed by atoms with E-state index in [2.05, 4.69) is 23.7 Å². The Hall–Kier alpha value is -0.340. The van der Waals surface area contributed by atoms with Gasteiger partial charge in [0.05, 0.1) is 0 Å². The van der Waals surface area contributed by atoms with Crippen LogP contribution in [0.1, 0.15) is 13.8 Å². The van der Waals surface area contributed by atoms with Crippen molar-refractivity contribution in [2.75, 3.05) is 32.7 Å². The van der Waals surface area contributed by atoms with Crippen LogP contribution < -0.4 is 5.32 Å². The molecule has 1 rings (SSSR count). The van der Waals surface area contributed by atoms with E-state index in [9.17, 15) is 0 Å². The van der Waals surface area contributed by atoms with Gasteiger partial charge in [0.2, 0.25) is 0 Å². The highest BCUT2D eigenvalue weighted by Crippen LogP contribution is 1.88. The van der Waals surface area contributed by atoms with Crippen molar-refractivity contribution < 1.29 is 0 Å². The number of nitrogens with zero attached hydrogens (tertiary/aromatic N) is 1. The van der Waals surface area contributed by atoms with Crippen molar-refractivity contribution in [1.29, 1.82) is 0 Å². The summed E-state index contributed by atoms with van der Waals surface area (Å²) in [6.07, 6.45) is 1.75. The van der Waals surface area contributed by atoms with Crippen LogP contribution in [0.4, 0.5) is 0 Å². The SMILES string of the molecule is C=CC.CCN1CCNCC1. The molecule has 0 unspecified atom stereocenters. The predicted molar refractivity (Wildman–Crippen MR) is 50.9 cm³/mol. The van der Waals surface area contributed by atoms with Gasteiger partial charge in [0.25, 0.3) is 0 Å². The van der Waals surface area contributed by atoms with Gasteiger partial charge in [-0.1, -0.05) is 13.0 Å². The van der Waals surface area contributed by atoms with Crippen molar-refractivity contribution in [2.45, 2.75) is 13.8 Å². The third kappa shape index (κ3) is 6.07. The van der Waals surface area contributed by atoms with Crippen molar-refractivity contribution in [2.24, 2.45) is 0 Å². The van der Waals surface area contributed by atoms with Gasteiger partial charge in [-0.25, -0.2) is 0 Å². The highest BCUT2D eigenvalue weighted by molar-refractivity contribution is 4.64. The van der Waals surface area contributed by atoms with Gasteiger partial charge in [0, 0.05) is 26.2 Å². The summed E-state index contributed by atoms with van der Waals surface area (Å²) in [6, 6.07) is 0. The fraction of sp³-hybridized carbons (Fsp3) is 0.778. The van der Waals surface area contributed by atoms with Gasteiger partial charge in [-0.2, -0.15) is 0 Å². The zero-order valence-electron chi connectivity index (χ0n) is 7.77. The summed E-state index contributed by atoms with van der Waals surface area (Å²) in [5.41, 5.74) is 0. The standard InChI is InChI=1S/C6H14N2.C3H6/c1-2-8-5-3-7-4-6-8;1-3-2/h7H,2-6H2,1H3;3H,1H2,2H3. The molecule has 0 saturated carbocycles. The number of allylic oxidation sites excluding steroid dienone is 1. The van der Waals surface area contributed by atoms with Gasteiger partial charge < -0.3 is 10.2 Å². The van der Waals surface area contributed by atoms with Crippen molar-refractivity contribution >= 4 is 0 Å². The largest absolute Gasteiger partial charge is 0.314 e. The van der Waals surface area contributed by atoms with Gasteiger partial charge in [0.15, 0.2) is 0 Å². The maximum absolute atomic E-state index is 3.36. The minimum atomic E-state index is 1.17. The van der Waals surface area contributed by atoms with Crippen LogP contribution in [0.2, 0.25) is 0 Å². The molecular weight excluding hydrogens is 136 g/mol. The topological polar surface area (TPSA) is 15.3 Å². The Morgan fingerprint density at radius 2 is 1.91 bits per heavy atom. The monoisotopic (exact) mass is 156 g/mol. The molecule has 0 atom stereocenters. The fourth-order valence-corrected chi connectivity index (χ4v) is 1.03. The fourth-order valence-electron chi connectivity index (χ4n) is 1.03. The molecule has 2 nitrogen and oxygen atoms in total. The van der Waals surface area contributed by atoms with Crippen LogP contribution >= 0.6 is 0 Å². The molecule has 1 heterocycles. The molecule has 0 aromatic rings. The minimum absolute atomic E-state index is 1.17. The van der Waals surface area contributed by atoms with Crippen LogP contribution in [0.25, 0.3) is 0 Å². The molecule has 66 valence electrons. The molecule has 2 heteroatoms. The number of likely N-dealkylation sites (N-methyl/N-ethyl adjacent to an activating group) is 1. The average Bonchev–Trinajstić information content (AvgIpc) is 2.08. The summed E-state index contributed by atoms with van der Waals surface area (Å²) in [5, 5.41) is 3.31. The molecule has 0 aromatic carbocycles. The van der Waals surface area contributed by atoms with Crippen molar-refractivity contribution in [3.05, 3.63) is 12.7 Å². The summed E-state index contributed by atoms with van der Waals surface area (Å²) in [7, 11) is 0. The number of hydrogen-bond donors (Lipinski definition) is 1. The summed E-state index contributed by atoms with van der Waals surface area (Å²) >= 11 is 0. The molecule has 1 aliphatic heterocycles. The molecule has 0 aromatic heterocycles. The summed E-state index contributed by atoms with van der Waals surface area (Å²) < 4.78 is 0. The first-order chi connectivity index (χ1) is 5.35. The normalized spacial score (nSPS) is 18.4. The van der Waals surface area contributed by atoms with Crippen LogP contribution in [-0.4, -0.2) is 37.6 Å². The molecule has 1 aliphatic rings. The molecule has 1 saturated heterocycles. The van der Waals surface area contributed by atoms with Gasteiger partial charge in [-0.3, -0.25) is 0 Å². The summed E-state index contributed by atoms with van der Waals surface area (Å²) in [6.45, 7) is 13.5. The Morgan fingerprint density at radius 1 is 1.45 bits per heavy atom. The van der Waals surface area contributed by atoms with E-state index >= 15 is 0 Å². The van der Waals surface area contributed by atoms with Crippen LogP contribution in [0.3, 0.4) is 0 Å². The van der Waals surface area contributed by atoms with E-state index in [0.29, 0.717) is 0 Å². The van der Waals surface area contributed by atoms with E-state index in [1.54, 1.807) is 6.08 Å². The number of hydrogen-bond acceptors (Lipinski definition) is 2. The molecule has 0 spiro atoms. The second-order valence-electron chi connectivity index (χ2n) is 2.59. The summed E-state index contributed by atoms with van der Waals surface area (Å²) in [5.74, 6) is 0. The molecular formula is C9H20N2. The van der Waals surface area contributed by atoms with Crippen molar-refractivity contribution in [3.63, 3.8) is 0 Å². The number of rotatable bonds is 1. The van der Waals surface area contributed by atoms with E-state index in [1.807, 2.05) is 6.92 Å². The van der Waals surface area contributed by atoms with E-state index in [4.69, 9.17) is 0 Å². The second kappa shape index (κ2) is 7.76. The van der Waals surface area contributed by atoms with E-state index in [-0.39, 0.29) is 0 Å². The van der Waals surface area contributed by atoms with Gasteiger partial charge in [0.1, 0.15) is 0 Å². The molecule has 1 fully saturated rings. The Kier molecular flexibility index (Phi) is 7.52. The predicted octanol–water partition coefficient (Wildman–Crippen LogP) is 1.10. The molecule has 0 aliphatic carbocycles. The van der Waals surface area contributed by atoms with Gasteiger partial charge >= 0.3 is 0 Å². The maximum atomic E-state index is 3.36. The zero-order chi connectivity index (χ0) is 8.53. The first-order valence-electron chi connectivity index (χ1n) is 4.35. The van der Waals surface area contributed by atoms with Gasteiger partial charge in [-0.05, 0) is 13.5 Å². The molecule has 1 N–H and O–H groups in total. The lowest BCUT2D eigenvalue weighted by molar-refractivity contribution is 0.253. The Morgan fingerprint density at radius 3 is 2.18 bits per heavy atom. The third-order valence-electron chi connectivity index (χ3n) is 1.66. The van der Waals surface area contributed by atoms with E-state index in [0.717, 1.165) is 0 Å². The number of nitrogens with one attached hydrogen (secondary N) is 1. The van der Waals surface area contributed by atoms with Crippen molar-refractivity contribution in [1.82, 2.24) is 10.2 Å². The number of piperazine rings is 1. The zero-order valence-corrected chi connectivity index (χ0v) is 7.77. The van der Waals surface area contributed by atoms with Crippen LogP contribution in [0, 0.1) is 0 Å². The van der Waals surface area contributed by atoms with Crippen LogP contribution in [-0.2, 0) is 0 Å². The molecule has 0 amide bonds. The molecule has 0 bridgehead atoms. The lowest BCUT2D eigenvalue weighted by Gasteiger charge is -2.25. The van der Waals surface area contributed by atoms with E-state index < -0.39 is 0 Å². The minimum Gasteiger partial charge on any atom is -0.314 e. The first kappa shape index (κ1) is 10.7. The van der Waals surface area contributed by atoms with Crippen LogP contribution in [0.5, 0.6) is 0 Å². The second-order valence-corrected chi connectivity index (χ2v) is 2.59. The van der Waals surface area contributed by atoms with Crippen LogP contribution in [0.15, 0.2) is 12.7 Å². The molecule has 11 heavy (non-hydrogen) atoms. The maximum Gasteiger partial charge on any atom is 0.0107 e. The Bertz CT molecular complexity index is 85.6. The van der Waals surface area contributed by atoms with Gasteiger partial charge in [-0.15, -0.1) is 6.58 Å². The lowest BCUT2D eigenvalue weighted by Crippen LogP contribution is -2.43. The quantitative estimate of drug-likeness (QED) is 0.572. The first-order valence-corrected chi connectivity index (χ1v) is 4.35. The highest BCUT2D eigenvalue weighted by atomic mass is 15.2. The summed E-state index contributed by atoms with van der Waals surface area (Å²) in [4.78, 5) is 2.45. The molecule has 0 radical (unpaired) electrons.